The first-order chi connectivity index (χ1) is 34.1. The predicted molar refractivity (Wildman–Crippen MR) is 272 cm³/mol. The molecular formula is C54H57F3N6O7S2. The van der Waals surface area contributed by atoms with Crippen LogP contribution in [0.4, 0.5) is 24.5 Å². The fourth-order valence-corrected chi connectivity index (χ4v) is 10.2. The van der Waals surface area contributed by atoms with Gasteiger partial charge in [0.1, 0.15) is 28.9 Å². The summed E-state index contributed by atoms with van der Waals surface area (Å²) in [6, 6.07) is 25.9. The van der Waals surface area contributed by atoms with Gasteiger partial charge in [-0.2, -0.15) is 18.4 Å². The molecule has 1 unspecified atom stereocenters. The number of ether oxygens (including phenoxy) is 2. The number of aliphatic hydroxyl groups is 1. The van der Waals surface area contributed by atoms with Gasteiger partial charge in [-0.15, -0.1) is 11.3 Å². The van der Waals surface area contributed by atoms with Crippen LogP contribution in [0.3, 0.4) is 0 Å². The van der Waals surface area contributed by atoms with E-state index in [9.17, 15) is 42.7 Å². The van der Waals surface area contributed by atoms with Gasteiger partial charge in [-0.1, -0.05) is 57.2 Å². The number of ketones is 1. The van der Waals surface area contributed by atoms with E-state index in [1.807, 2.05) is 81.7 Å². The molecule has 0 bridgehead atoms. The van der Waals surface area contributed by atoms with Gasteiger partial charge in [0, 0.05) is 50.4 Å². The summed E-state index contributed by atoms with van der Waals surface area (Å²) in [5, 5.41) is 22.8. The highest BCUT2D eigenvalue weighted by molar-refractivity contribution is 7.81. The highest BCUT2D eigenvalue weighted by Crippen LogP contribution is 2.40. The van der Waals surface area contributed by atoms with E-state index < -0.39 is 52.2 Å². The minimum Gasteiger partial charge on any atom is -0.493 e. The highest BCUT2D eigenvalue weighted by Gasteiger charge is 2.51. The Morgan fingerprint density at radius 3 is 2.14 bits per heavy atom. The number of thiazole rings is 1. The lowest BCUT2D eigenvalue weighted by Crippen LogP contribution is -2.50. The topological polar surface area (TPSA) is 165 Å². The van der Waals surface area contributed by atoms with Crippen molar-refractivity contribution >= 4 is 63.5 Å². The highest BCUT2D eigenvalue weighted by atomic mass is 32.1. The number of aryl methyl sites for hydroxylation is 2. The Labute approximate surface area is 426 Å². The minimum absolute atomic E-state index is 0.00530. The number of thiocarbonyl (C=S) groups is 1. The number of aliphatic hydroxyl groups excluding tert-OH is 1. The van der Waals surface area contributed by atoms with E-state index in [1.165, 1.54) is 11.0 Å². The number of alkyl halides is 3. The summed E-state index contributed by atoms with van der Waals surface area (Å²) in [4.78, 5) is 64.1. The van der Waals surface area contributed by atoms with Gasteiger partial charge < -0.3 is 29.7 Å². The molecule has 72 heavy (non-hydrogen) atoms. The molecule has 3 heterocycles. The maximum Gasteiger partial charge on any atom is 0.417 e. The van der Waals surface area contributed by atoms with Crippen LogP contribution in [0, 0.1) is 29.6 Å². The first kappa shape index (κ1) is 53.1. The zero-order valence-corrected chi connectivity index (χ0v) is 42.5. The molecule has 13 nitrogen and oxygen atoms in total. The molecule has 3 amide bonds. The van der Waals surface area contributed by atoms with Crippen molar-refractivity contribution in [3.05, 3.63) is 124 Å². The number of carbonyl (C=O) groups is 4. The van der Waals surface area contributed by atoms with E-state index in [4.69, 9.17) is 21.7 Å². The summed E-state index contributed by atoms with van der Waals surface area (Å²) in [6.07, 6.45) is -4.31. The van der Waals surface area contributed by atoms with Gasteiger partial charge in [0.2, 0.25) is 11.8 Å². The predicted octanol–water partition coefficient (Wildman–Crippen LogP) is 9.61. The third-order valence-electron chi connectivity index (χ3n) is 13.0. The smallest absolute Gasteiger partial charge is 0.417 e. The number of nitrogens with one attached hydrogen (secondary N) is 1. The number of nitrogens with zero attached hydrogens (tertiary/aromatic N) is 5. The summed E-state index contributed by atoms with van der Waals surface area (Å²) >= 11 is 7.20. The van der Waals surface area contributed by atoms with Gasteiger partial charge in [-0.3, -0.25) is 24.1 Å². The maximum absolute atomic E-state index is 14.1. The number of β-amino-alcohol motifs (C(OH)–C–C–N with tert-alkyl or cyclic N) is 1. The van der Waals surface area contributed by atoms with Crippen LogP contribution in [-0.4, -0.2) is 81.1 Å². The Morgan fingerprint density at radius 1 is 0.944 bits per heavy atom. The van der Waals surface area contributed by atoms with Crippen LogP contribution in [0.1, 0.15) is 88.2 Å². The van der Waals surface area contributed by atoms with Gasteiger partial charge >= 0.3 is 6.18 Å². The summed E-state index contributed by atoms with van der Waals surface area (Å²) in [5.74, 6) is -0.784. The average molecular weight is 1020 g/mol. The molecule has 3 atom stereocenters. The molecule has 18 heteroatoms. The molecule has 4 aromatic carbocycles. The molecule has 0 saturated carbocycles. The normalized spacial score (nSPS) is 17.2. The molecule has 2 saturated heterocycles. The number of likely N-dealkylation sites (tertiary alicyclic amines) is 1. The number of carbonyl (C=O) groups excluding carboxylic acids is 4. The second-order valence-corrected chi connectivity index (χ2v) is 20.8. The zero-order chi connectivity index (χ0) is 52.1. The second-order valence-electron chi connectivity index (χ2n) is 19.6. The van der Waals surface area contributed by atoms with Crippen molar-refractivity contribution in [1.82, 2.24) is 15.2 Å². The quantitative estimate of drug-likeness (QED) is 0.0634. The summed E-state index contributed by atoms with van der Waals surface area (Å²) in [7, 11) is 0. The fraction of sp³-hybridized carbons (Fsp3) is 0.389. The molecule has 0 spiro atoms. The van der Waals surface area contributed by atoms with Gasteiger partial charge in [-0.25, -0.2) is 4.98 Å². The van der Waals surface area contributed by atoms with Crippen LogP contribution in [0.25, 0.3) is 10.4 Å². The first-order valence-corrected chi connectivity index (χ1v) is 24.9. The zero-order valence-electron chi connectivity index (χ0n) is 40.9. The lowest BCUT2D eigenvalue weighted by Gasteiger charge is -2.34. The Balaban J connectivity index is 0.845. The molecule has 378 valence electrons. The summed E-state index contributed by atoms with van der Waals surface area (Å²) in [5.41, 5.74) is 2.54. The lowest BCUT2D eigenvalue weighted by atomic mass is 9.76. The monoisotopic (exact) mass is 1020 g/mol. The number of rotatable bonds is 18. The standard InChI is InChI=1S/C54H57F3N6O7S2/c1-33-47(72-32-60-33)36-13-8-35(9-14-36)30-59-48(66)46-28-41(65)31-61(46)49(67)45(52(2,3)4)27-40(64)19-10-34-11-20-42(21-12-34)69-24-7-25-70-43-22-17-38(18-23-43)63-51(71)62(50(68)53(63,5)6)39-16-15-37(29-58)44(26-39)54(55,56)57/h8-9,11-18,20-23,26,32,41,45-46,65H,7,10,19,24-25,27-28,30-31H2,1-6H3,(H,59,66)/t41-,45?,46+/m1/s1. The average Bonchev–Trinajstić information content (AvgIpc) is 4.01. The molecule has 0 aliphatic carbocycles. The molecule has 7 rings (SSSR count). The van der Waals surface area contributed by atoms with Crippen LogP contribution >= 0.6 is 23.6 Å². The van der Waals surface area contributed by atoms with Crippen molar-refractivity contribution in [3.8, 4) is 28.0 Å². The van der Waals surface area contributed by atoms with Crippen molar-refractivity contribution < 1.29 is 46.9 Å². The summed E-state index contributed by atoms with van der Waals surface area (Å²) in [6.45, 7) is 11.9. The Kier molecular flexibility index (Phi) is 16.2. The molecule has 2 N–H and O–H groups in total. The van der Waals surface area contributed by atoms with Crippen LogP contribution in [-0.2, 0) is 38.3 Å². The van der Waals surface area contributed by atoms with E-state index in [0.717, 1.165) is 44.3 Å². The third-order valence-corrected chi connectivity index (χ3v) is 14.3. The number of amides is 3. The lowest BCUT2D eigenvalue weighted by molar-refractivity contribution is -0.146. The molecular weight excluding hydrogens is 966 g/mol. The van der Waals surface area contributed by atoms with E-state index in [0.29, 0.717) is 43.2 Å². The number of benzene rings is 4. The van der Waals surface area contributed by atoms with E-state index >= 15 is 0 Å². The Hall–Kier alpha value is -6.68. The van der Waals surface area contributed by atoms with Gasteiger partial charge in [-0.05, 0) is 116 Å². The van der Waals surface area contributed by atoms with Crippen molar-refractivity contribution in [2.45, 2.75) is 104 Å². The molecule has 5 aromatic rings. The molecule has 2 fully saturated rings. The van der Waals surface area contributed by atoms with Gasteiger partial charge in [0.05, 0.1) is 58.3 Å². The molecule has 2 aliphatic rings. The van der Waals surface area contributed by atoms with E-state index in [-0.39, 0.29) is 60.7 Å². The van der Waals surface area contributed by atoms with Crippen molar-refractivity contribution in [3.63, 3.8) is 0 Å². The SMILES string of the molecule is Cc1ncsc1-c1ccc(CNC(=O)[C@@H]2C[C@@H](O)CN2C(=O)C(CC(=O)CCc2ccc(OCCCOc3ccc(N4C(=S)N(c5ccc(C#N)c(C(F)(F)F)c5)C(=O)C4(C)C)cc3)cc2)C(C)(C)C)cc1. The summed E-state index contributed by atoms with van der Waals surface area (Å²) < 4.78 is 53.1. The Morgan fingerprint density at radius 2 is 1.56 bits per heavy atom. The van der Waals surface area contributed by atoms with Crippen LogP contribution in [0.2, 0.25) is 0 Å². The number of nitriles is 1. The Bertz CT molecular complexity index is 2840. The number of anilines is 2. The van der Waals surface area contributed by atoms with Gasteiger partial charge in [0.25, 0.3) is 5.91 Å². The number of hydrogen-bond donors (Lipinski definition) is 2. The first-order valence-electron chi connectivity index (χ1n) is 23.6. The van der Waals surface area contributed by atoms with Crippen molar-refractivity contribution in [2.75, 3.05) is 29.6 Å². The van der Waals surface area contributed by atoms with Crippen molar-refractivity contribution in [2.24, 2.45) is 11.3 Å². The fourth-order valence-electron chi connectivity index (χ4n) is 8.89. The van der Waals surface area contributed by atoms with Crippen LogP contribution in [0.5, 0.6) is 11.5 Å². The third kappa shape index (κ3) is 12.1. The largest absolute Gasteiger partial charge is 0.493 e. The van der Waals surface area contributed by atoms with Gasteiger partial charge in [0.15, 0.2) is 5.11 Å². The van der Waals surface area contributed by atoms with Crippen LogP contribution in [0.15, 0.2) is 96.5 Å². The van der Waals surface area contributed by atoms with Crippen molar-refractivity contribution in [1.29, 1.82) is 5.26 Å². The molecule has 1 aromatic heterocycles. The number of halogens is 3. The minimum atomic E-state index is -4.81. The molecule has 2 aliphatic heterocycles. The molecule has 0 radical (unpaired) electrons. The van der Waals surface area contributed by atoms with E-state index in [2.05, 4.69) is 10.3 Å². The number of hydrogen-bond acceptors (Lipinski definition) is 11. The van der Waals surface area contributed by atoms with E-state index in [1.54, 1.807) is 60.4 Å². The number of aromatic nitrogens is 1. The second kappa shape index (κ2) is 22.0. The van der Waals surface area contributed by atoms with Crippen LogP contribution < -0.4 is 24.6 Å². The number of Topliss-reactive ketones (excluding diaryl/α,β-unsaturated/α-hetero) is 1. The maximum atomic E-state index is 14.1.